The van der Waals surface area contributed by atoms with Gasteiger partial charge in [0.25, 0.3) is 0 Å². The van der Waals surface area contributed by atoms with E-state index in [2.05, 4.69) is 53.5 Å². The van der Waals surface area contributed by atoms with E-state index in [0.29, 0.717) is 5.56 Å². The zero-order valence-corrected chi connectivity index (χ0v) is 22.4. The lowest BCUT2D eigenvalue weighted by atomic mass is 9.93. The van der Waals surface area contributed by atoms with Crippen LogP contribution in [0.2, 0.25) is 0 Å². The van der Waals surface area contributed by atoms with Crippen LogP contribution in [0.5, 0.6) is 0 Å². The van der Waals surface area contributed by atoms with Gasteiger partial charge in [0.2, 0.25) is 0 Å². The van der Waals surface area contributed by atoms with Gasteiger partial charge in [0, 0.05) is 32.3 Å². The lowest BCUT2D eigenvalue weighted by Gasteiger charge is -2.13. The fraction of sp³-hybridized carbons (Fsp3) is 0. The Balaban J connectivity index is 1.26. The van der Waals surface area contributed by atoms with Crippen LogP contribution < -0.4 is 0 Å². The third kappa shape index (κ3) is 4.19. The van der Waals surface area contributed by atoms with E-state index >= 15 is 0 Å². The maximum absolute atomic E-state index is 8.95. The van der Waals surface area contributed by atoms with Gasteiger partial charge in [0.1, 0.15) is 0 Å². The highest BCUT2D eigenvalue weighted by Gasteiger charge is 2.13. The van der Waals surface area contributed by atoms with Crippen molar-refractivity contribution in [3.05, 3.63) is 146 Å². The van der Waals surface area contributed by atoms with Crippen LogP contribution in [0.25, 0.3) is 75.8 Å². The maximum atomic E-state index is 8.95. The van der Waals surface area contributed by atoms with E-state index in [1.54, 1.807) is 11.3 Å². The summed E-state index contributed by atoms with van der Waals surface area (Å²) in [4.78, 5) is 11.3. The summed E-state index contributed by atoms with van der Waals surface area (Å²) in [5.74, 6) is 0. The van der Waals surface area contributed by atoms with Crippen molar-refractivity contribution in [3.8, 4) is 43.3 Å². The first-order valence-electron chi connectivity index (χ1n) is 16.7. The van der Waals surface area contributed by atoms with Crippen molar-refractivity contribution < 1.29 is 9.60 Å². The molecule has 0 unspecified atom stereocenters. The molecule has 3 heterocycles. The minimum Gasteiger partial charge on any atom is -0.254 e. The van der Waals surface area contributed by atoms with Crippen LogP contribution in [-0.2, 0) is 0 Å². The van der Waals surface area contributed by atoms with Gasteiger partial charge in [-0.2, -0.15) is 0 Å². The number of hydrogen-bond donors (Lipinski definition) is 0. The average molecular weight is 548 g/mol. The first kappa shape index (κ1) is 17.5. The molecule has 5 aromatic carbocycles. The Morgan fingerprint density at radius 2 is 1.12 bits per heavy atom. The van der Waals surface area contributed by atoms with E-state index in [-0.39, 0.29) is 57.7 Å². The Kier molecular flexibility index (Phi) is 4.20. The molecule has 0 N–H and O–H groups in total. The largest absolute Gasteiger partial charge is 0.254 e. The Hall–Kier alpha value is -5.12. The van der Waals surface area contributed by atoms with E-state index in [9.17, 15) is 0 Å². The molecule has 0 amide bonds. The lowest BCUT2D eigenvalue weighted by Crippen LogP contribution is -1.91. The quantitative estimate of drug-likeness (QED) is 0.205. The van der Waals surface area contributed by atoms with Crippen LogP contribution in [0.1, 0.15) is 9.60 Å². The van der Waals surface area contributed by atoms with Gasteiger partial charge in [0.05, 0.1) is 26.3 Å². The van der Waals surface area contributed by atoms with Crippen LogP contribution in [0.3, 0.4) is 0 Å². The Morgan fingerprint density at radius 3 is 1.90 bits per heavy atom. The van der Waals surface area contributed by atoms with Gasteiger partial charge in [-0.3, -0.25) is 4.98 Å². The van der Waals surface area contributed by atoms with Crippen LogP contribution in [0.15, 0.2) is 146 Å². The van der Waals surface area contributed by atoms with E-state index in [0.717, 1.165) is 27.5 Å². The number of aromatic nitrogens is 2. The molecule has 0 fully saturated rings. The van der Waals surface area contributed by atoms with Crippen molar-refractivity contribution in [2.24, 2.45) is 0 Å². The summed E-state index contributed by atoms with van der Waals surface area (Å²) >= 11 is 1.75. The average Bonchev–Trinajstić information content (AvgIpc) is 3.61. The second-order valence-electron chi connectivity index (χ2n) is 9.69. The minimum absolute atomic E-state index is 0.00870. The molecular formula is C38H24N2S. The Morgan fingerprint density at radius 1 is 0.512 bits per heavy atom. The van der Waals surface area contributed by atoms with Crippen molar-refractivity contribution in [3.63, 3.8) is 0 Å². The molecule has 2 nitrogen and oxygen atoms in total. The maximum Gasteiger partial charge on any atom is 0.0972 e. The lowest BCUT2D eigenvalue weighted by molar-refractivity contribution is 1.37. The van der Waals surface area contributed by atoms with Gasteiger partial charge in [0.15, 0.2) is 0 Å². The standard InChI is InChI=1S/C38H24N2S/c1-2-7-26(8-3-1)35-22-23-36(41-35)27-14-12-25(13-15-27)30-19-20-33(32-11-5-4-10-31(30)32)34-21-18-29-17-16-28-9-6-24-39-37(28)38(29)40-34/h1-24H/i6D,9D,16D,17D,18D,21D,24D. The molecule has 41 heavy (non-hydrogen) atoms. The van der Waals surface area contributed by atoms with E-state index in [1.807, 2.05) is 54.6 Å². The first-order valence-corrected chi connectivity index (χ1v) is 14.0. The molecule has 0 radical (unpaired) electrons. The Bertz CT molecular complexity index is 2580. The molecule has 0 spiro atoms. The number of pyridine rings is 2. The zero-order valence-electron chi connectivity index (χ0n) is 28.6. The molecule has 3 aromatic heterocycles. The van der Waals surface area contributed by atoms with Gasteiger partial charge in [-0.15, -0.1) is 11.3 Å². The van der Waals surface area contributed by atoms with Crippen molar-refractivity contribution in [2.75, 3.05) is 0 Å². The van der Waals surface area contributed by atoms with Crippen LogP contribution >= 0.6 is 11.3 Å². The third-order valence-electron chi connectivity index (χ3n) is 7.27. The summed E-state index contributed by atoms with van der Waals surface area (Å²) in [5.41, 5.74) is 5.23. The summed E-state index contributed by atoms with van der Waals surface area (Å²) in [5, 5.41) is 1.66. The summed E-state index contributed by atoms with van der Waals surface area (Å²) in [6.07, 6.45) is -0.452. The second-order valence-corrected chi connectivity index (χ2v) is 10.8. The molecule has 0 bridgehead atoms. The molecule has 0 aliphatic rings. The highest BCUT2D eigenvalue weighted by Crippen LogP contribution is 2.38. The number of rotatable bonds is 4. The van der Waals surface area contributed by atoms with Crippen LogP contribution in [0, 0.1) is 0 Å². The summed E-state index contributed by atoms with van der Waals surface area (Å²) < 4.78 is 59.5. The molecule has 8 rings (SSSR count). The topological polar surface area (TPSA) is 25.8 Å². The van der Waals surface area contributed by atoms with Gasteiger partial charge in [-0.05, 0) is 57.2 Å². The minimum atomic E-state index is -0.452. The third-order valence-corrected chi connectivity index (χ3v) is 8.46. The summed E-state index contributed by atoms with van der Waals surface area (Å²) in [6, 6.07) is 32.7. The van der Waals surface area contributed by atoms with Crippen molar-refractivity contribution in [2.45, 2.75) is 0 Å². The number of nitrogens with zero attached hydrogens (tertiary/aromatic N) is 2. The van der Waals surface area contributed by atoms with Gasteiger partial charge in [-0.25, -0.2) is 4.98 Å². The monoisotopic (exact) mass is 547 g/mol. The van der Waals surface area contributed by atoms with Gasteiger partial charge >= 0.3 is 0 Å². The molecule has 192 valence electrons. The predicted molar refractivity (Wildman–Crippen MR) is 174 cm³/mol. The van der Waals surface area contributed by atoms with Gasteiger partial charge in [-0.1, -0.05) is 115 Å². The normalized spacial score (nSPS) is 13.8. The van der Waals surface area contributed by atoms with Crippen LogP contribution in [-0.4, -0.2) is 9.97 Å². The number of thiophene rings is 1. The molecule has 3 heteroatoms. The molecule has 0 saturated carbocycles. The summed E-state index contributed by atoms with van der Waals surface area (Å²) in [6.45, 7) is 0. The van der Waals surface area contributed by atoms with Crippen molar-refractivity contribution in [1.29, 1.82) is 0 Å². The highest BCUT2D eigenvalue weighted by molar-refractivity contribution is 7.18. The number of fused-ring (bicyclic) bond motifs is 4. The highest BCUT2D eigenvalue weighted by atomic mass is 32.1. The zero-order chi connectivity index (χ0) is 33.3. The molecule has 0 aliphatic carbocycles. The molecule has 0 saturated heterocycles. The fourth-order valence-electron chi connectivity index (χ4n) is 5.26. The smallest absolute Gasteiger partial charge is 0.0972 e. The predicted octanol–water partition coefficient (Wildman–Crippen LogP) is 10.7. The van der Waals surface area contributed by atoms with Crippen molar-refractivity contribution >= 4 is 43.9 Å². The number of benzene rings is 5. The Labute approximate surface area is 252 Å². The SMILES string of the molecule is [2H]c1nc2c(c([2H])c1[2H])c([2H])c([2H])c1c([2H])c([2H])c(-c3ccc(-c4ccc(-c5ccc(-c6ccccc6)s5)cc4)c4ccccc34)nc12. The van der Waals surface area contributed by atoms with E-state index in [1.165, 1.54) is 15.3 Å². The van der Waals surface area contributed by atoms with Crippen molar-refractivity contribution in [1.82, 2.24) is 9.97 Å². The fourth-order valence-corrected chi connectivity index (χ4v) is 6.28. The molecule has 8 aromatic rings. The summed E-state index contributed by atoms with van der Waals surface area (Å²) in [7, 11) is 0. The molecule has 0 atom stereocenters. The van der Waals surface area contributed by atoms with E-state index in [4.69, 9.17) is 14.6 Å². The first-order chi connectivity index (χ1) is 23.2. The van der Waals surface area contributed by atoms with E-state index < -0.39 is 12.2 Å². The van der Waals surface area contributed by atoms with Crippen LogP contribution in [0.4, 0.5) is 0 Å². The van der Waals surface area contributed by atoms with Gasteiger partial charge < -0.3 is 0 Å². The second kappa shape index (κ2) is 9.81. The molecular weight excluding hydrogens is 516 g/mol. The molecule has 0 aliphatic heterocycles. The number of hydrogen-bond acceptors (Lipinski definition) is 3.